The van der Waals surface area contributed by atoms with Crippen molar-refractivity contribution in [1.29, 1.82) is 0 Å². The van der Waals surface area contributed by atoms with Crippen molar-refractivity contribution in [2.45, 2.75) is 38.4 Å². The van der Waals surface area contributed by atoms with Gasteiger partial charge < -0.3 is 10.5 Å². The van der Waals surface area contributed by atoms with E-state index in [1.165, 1.54) is 7.11 Å². The maximum Gasteiger partial charge on any atom is 0.322 e. The highest BCUT2D eigenvalue weighted by Crippen LogP contribution is 2.43. The van der Waals surface area contributed by atoms with Gasteiger partial charge in [0.15, 0.2) is 0 Å². The zero-order valence-corrected chi connectivity index (χ0v) is 21.0. The van der Waals surface area contributed by atoms with E-state index >= 15 is 0 Å². The molecule has 186 valence electrons. The molecule has 2 aromatic carbocycles. The zero-order chi connectivity index (χ0) is 25.8. The Bertz CT molecular complexity index is 1290. The van der Waals surface area contributed by atoms with Crippen LogP contribution in [-0.4, -0.2) is 29.9 Å². The van der Waals surface area contributed by atoms with Crippen molar-refractivity contribution in [1.82, 2.24) is 10.3 Å². The SMILES string of the molecule is COC(=O)C(N)CC(C)(C)C(=O)C1C=CC=CC1(NCc1ccccn1)c1cccc2ccccc12. The van der Waals surface area contributed by atoms with Crippen LogP contribution in [0, 0.1) is 11.3 Å². The number of nitrogens with two attached hydrogens (primary N) is 1. The number of aromatic nitrogens is 1. The molecule has 6 heteroatoms. The number of allylic oxidation sites excluding steroid dienone is 2. The quantitative estimate of drug-likeness (QED) is 0.437. The van der Waals surface area contributed by atoms with Crippen molar-refractivity contribution in [3.63, 3.8) is 0 Å². The fourth-order valence-corrected chi connectivity index (χ4v) is 5.09. The Morgan fingerprint density at radius 1 is 1.08 bits per heavy atom. The van der Waals surface area contributed by atoms with Crippen molar-refractivity contribution < 1.29 is 14.3 Å². The number of esters is 1. The summed E-state index contributed by atoms with van der Waals surface area (Å²) in [5.74, 6) is -1.08. The van der Waals surface area contributed by atoms with Gasteiger partial charge in [-0.05, 0) is 34.9 Å². The summed E-state index contributed by atoms with van der Waals surface area (Å²) in [5.41, 5.74) is 6.25. The van der Waals surface area contributed by atoms with Gasteiger partial charge in [0.2, 0.25) is 0 Å². The average Bonchev–Trinajstić information content (AvgIpc) is 2.91. The van der Waals surface area contributed by atoms with Gasteiger partial charge in [-0.25, -0.2) is 0 Å². The lowest BCUT2D eigenvalue weighted by atomic mass is 9.65. The normalized spacial score (nSPS) is 20.3. The van der Waals surface area contributed by atoms with Gasteiger partial charge >= 0.3 is 5.97 Å². The molecule has 0 radical (unpaired) electrons. The van der Waals surface area contributed by atoms with Gasteiger partial charge in [0.1, 0.15) is 11.8 Å². The molecule has 36 heavy (non-hydrogen) atoms. The number of ether oxygens (including phenoxy) is 1. The molecule has 3 aromatic rings. The van der Waals surface area contributed by atoms with Crippen LogP contribution in [0.4, 0.5) is 0 Å². The number of carbonyl (C=O) groups excluding carboxylic acids is 2. The molecule has 3 N–H and O–H groups in total. The first-order valence-corrected chi connectivity index (χ1v) is 12.2. The molecule has 6 nitrogen and oxygen atoms in total. The van der Waals surface area contributed by atoms with Gasteiger partial charge in [-0.2, -0.15) is 0 Å². The molecule has 3 atom stereocenters. The highest BCUT2D eigenvalue weighted by atomic mass is 16.5. The fourth-order valence-electron chi connectivity index (χ4n) is 5.09. The third-order valence-corrected chi connectivity index (χ3v) is 6.97. The first kappa shape index (κ1) is 25.5. The summed E-state index contributed by atoms with van der Waals surface area (Å²) >= 11 is 0. The van der Waals surface area contributed by atoms with Crippen molar-refractivity contribution in [2.24, 2.45) is 17.1 Å². The number of pyridine rings is 1. The van der Waals surface area contributed by atoms with E-state index in [4.69, 9.17) is 10.5 Å². The third-order valence-electron chi connectivity index (χ3n) is 6.97. The van der Waals surface area contributed by atoms with Gasteiger partial charge in [-0.1, -0.05) is 86.7 Å². The van der Waals surface area contributed by atoms with Crippen LogP contribution in [0.15, 0.2) is 91.2 Å². The van der Waals surface area contributed by atoms with Crippen LogP contribution >= 0.6 is 0 Å². The first-order chi connectivity index (χ1) is 17.3. The molecule has 0 amide bonds. The Balaban J connectivity index is 1.81. The molecule has 0 fully saturated rings. The van der Waals surface area contributed by atoms with Gasteiger partial charge in [0, 0.05) is 18.2 Å². The second kappa shape index (κ2) is 10.6. The lowest BCUT2D eigenvalue weighted by molar-refractivity contribution is -0.143. The first-order valence-electron chi connectivity index (χ1n) is 12.2. The molecule has 1 aliphatic carbocycles. The Hall–Kier alpha value is -3.61. The van der Waals surface area contributed by atoms with Crippen LogP contribution in [0.1, 0.15) is 31.5 Å². The standard InChI is InChI=1S/C30H33N3O3/c1-29(2,19-26(31)28(35)36-3)27(34)25-15-6-8-17-30(25,33-20-22-13-7-9-18-32-22)24-16-10-12-21-11-4-5-14-23(21)24/h4-18,25-26,33H,19-20,31H2,1-3H3. The third kappa shape index (κ3) is 5.01. The highest BCUT2D eigenvalue weighted by Gasteiger charge is 2.47. The van der Waals surface area contributed by atoms with Gasteiger partial charge in [-0.3, -0.25) is 19.9 Å². The summed E-state index contributed by atoms with van der Waals surface area (Å²) in [5, 5.41) is 5.86. The van der Waals surface area contributed by atoms with E-state index in [0.29, 0.717) is 6.54 Å². The van der Waals surface area contributed by atoms with E-state index in [1.54, 1.807) is 6.20 Å². The predicted octanol–water partition coefficient (Wildman–Crippen LogP) is 4.45. The fraction of sp³-hybridized carbons (Fsp3) is 0.300. The summed E-state index contributed by atoms with van der Waals surface area (Å²) < 4.78 is 4.81. The molecule has 3 unspecified atom stereocenters. The van der Waals surface area contributed by atoms with E-state index in [1.807, 2.05) is 68.5 Å². The molecule has 1 heterocycles. The number of hydrogen-bond donors (Lipinski definition) is 2. The smallest absolute Gasteiger partial charge is 0.322 e. The number of fused-ring (bicyclic) bond motifs is 1. The number of hydrogen-bond acceptors (Lipinski definition) is 6. The topological polar surface area (TPSA) is 94.3 Å². The minimum absolute atomic E-state index is 0.0103. The second-order valence-corrected chi connectivity index (χ2v) is 9.87. The maximum absolute atomic E-state index is 14.3. The zero-order valence-electron chi connectivity index (χ0n) is 21.0. The lowest BCUT2D eigenvalue weighted by Gasteiger charge is -2.43. The molecule has 4 rings (SSSR count). The summed E-state index contributed by atoms with van der Waals surface area (Å²) in [6.07, 6.45) is 9.84. The summed E-state index contributed by atoms with van der Waals surface area (Å²) in [6.45, 7) is 4.15. The molecule has 0 bridgehead atoms. The van der Waals surface area contributed by atoms with E-state index in [2.05, 4.69) is 40.6 Å². The van der Waals surface area contributed by atoms with Gasteiger partial charge in [-0.15, -0.1) is 0 Å². The van der Waals surface area contributed by atoms with E-state index < -0.39 is 28.9 Å². The van der Waals surface area contributed by atoms with Crippen molar-refractivity contribution in [3.8, 4) is 0 Å². The van der Waals surface area contributed by atoms with Crippen LogP contribution in [0.3, 0.4) is 0 Å². The number of methoxy groups -OCH3 is 1. The number of benzene rings is 2. The van der Waals surface area contributed by atoms with Crippen molar-refractivity contribution in [3.05, 3.63) is 102 Å². The number of rotatable bonds is 9. The number of Topliss-reactive ketones (excluding diaryl/α,β-unsaturated/α-hetero) is 1. The summed E-state index contributed by atoms with van der Waals surface area (Å²) in [6, 6.07) is 19.3. The van der Waals surface area contributed by atoms with Crippen LogP contribution < -0.4 is 11.1 Å². The van der Waals surface area contributed by atoms with Gasteiger partial charge in [0.05, 0.1) is 24.3 Å². The summed E-state index contributed by atoms with van der Waals surface area (Å²) in [4.78, 5) is 30.8. The average molecular weight is 484 g/mol. The molecular formula is C30H33N3O3. The molecule has 0 spiro atoms. The Morgan fingerprint density at radius 3 is 2.58 bits per heavy atom. The number of nitrogens with zero attached hydrogens (tertiary/aromatic N) is 1. The molecule has 1 aromatic heterocycles. The maximum atomic E-state index is 14.3. The van der Waals surface area contributed by atoms with Crippen LogP contribution in [0.25, 0.3) is 10.8 Å². The number of nitrogens with one attached hydrogen (secondary N) is 1. The van der Waals surface area contributed by atoms with E-state index in [-0.39, 0.29) is 12.2 Å². The van der Waals surface area contributed by atoms with Gasteiger partial charge in [0.25, 0.3) is 0 Å². The molecule has 0 aliphatic heterocycles. The monoisotopic (exact) mass is 483 g/mol. The molecule has 0 saturated carbocycles. The van der Waals surface area contributed by atoms with Crippen molar-refractivity contribution >= 4 is 22.5 Å². The molecule has 0 saturated heterocycles. The molecule has 1 aliphatic rings. The highest BCUT2D eigenvalue weighted by molar-refractivity contribution is 5.93. The second-order valence-electron chi connectivity index (χ2n) is 9.87. The van der Waals surface area contributed by atoms with Crippen molar-refractivity contribution in [2.75, 3.05) is 7.11 Å². The predicted molar refractivity (Wildman–Crippen MR) is 142 cm³/mol. The van der Waals surface area contributed by atoms with Crippen LogP contribution in [0.2, 0.25) is 0 Å². The van der Waals surface area contributed by atoms with Crippen LogP contribution in [0.5, 0.6) is 0 Å². The molecular weight excluding hydrogens is 450 g/mol. The van der Waals surface area contributed by atoms with Crippen LogP contribution in [-0.2, 0) is 26.4 Å². The van der Waals surface area contributed by atoms with E-state index in [9.17, 15) is 9.59 Å². The summed E-state index contributed by atoms with van der Waals surface area (Å²) in [7, 11) is 1.30. The Labute approximate surface area is 212 Å². The Morgan fingerprint density at radius 2 is 1.83 bits per heavy atom. The Kier molecular flexibility index (Phi) is 7.48. The minimum atomic E-state index is -0.884. The lowest BCUT2D eigenvalue weighted by Crippen LogP contribution is -2.53. The van der Waals surface area contributed by atoms with E-state index in [0.717, 1.165) is 22.0 Å². The number of ketones is 1. The largest absolute Gasteiger partial charge is 0.468 e. The minimum Gasteiger partial charge on any atom is -0.468 e. The number of carbonyl (C=O) groups is 2.